The number of aromatic nitrogens is 2. The Morgan fingerprint density at radius 1 is 0.967 bits per heavy atom. The van der Waals surface area contributed by atoms with Gasteiger partial charge < -0.3 is 9.88 Å². The summed E-state index contributed by atoms with van der Waals surface area (Å²) in [6.45, 7) is 0.683. The molecule has 0 spiro atoms. The Balaban J connectivity index is 0.00000320. The molecule has 0 bridgehead atoms. The number of para-hydroxylation sites is 2. The molecule has 0 aliphatic rings. The first-order chi connectivity index (χ1) is 13.6. The molecule has 0 saturated heterocycles. The van der Waals surface area contributed by atoms with Crippen LogP contribution >= 0.6 is 12.4 Å². The van der Waals surface area contributed by atoms with E-state index in [0.29, 0.717) is 18.2 Å². The van der Waals surface area contributed by atoms with Gasteiger partial charge in [0, 0.05) is 32.9 Å². The van der Waals surface area contributed by atoms with Gasteiger partial charge in [0.1, 0.15) is 0 Å². The molecule has 0 saturated carbocycles. The van der Waals surface area contributed by atoms with E-state index in [0.717, 1.165) is 17.3 Å². The van der Waals surface area contributed by atoms with Crippen LogP contribution in [0.5, 0.6) is 0 Å². The van der Waals surface area contributed by atoms with Gasteiger partial charge in [-0.15, -0.1) is 12.4 Å². The number of H-pyrrole nitrogens is 1. The summed E-state index contributed by atoms with van der Waals surface area (Å²) in [5.41, 5.74) is 2.06. The van der Waals surface area contributed by atoms with Gasteiger partial charge in [-0.2, -0.15) is 4.31 Å². The standard InChI is InChI=1S/C18H23N5O4S2.ClH/c1-22(18-19-16-6-4-5-7-17(16)20-18)12-13-23(2)29(26,27)15-10-8-14(9-11-15)21-28(3,24)25;/h4-11,21H,12-13H2,1-3H3,(H,19,20);1H. The van der Waals surface area contributed by atoms with Gasteiger partial charge in [-0.1, -0.05) is 12.1 Å². The number of nitrogens with zero attached hydrogens (tertiary/aromatic N) is 3. The molecule has 3 aromatic rings. The number of anilines is 2. The lowest BCUT2D eigenvalue weighted by Crippen LogP contribution is -2.35. The molecule has 1 heterocycles. The van der Waals surface area contributed by atoms with Crippen LogP contribution in [0.3, 0.4) is 0 Å². The molecule has 12 heteroatoms. The van der Waals surface area contributed by atoms with Crippen molar-refractivity contribution < 1.29 is 16.8 Å². The topological polar surface area (TPSA) is 115 Å². The van der Waals surface area contributed by atoms with E-state index in [1.807, 2.05) is 36.2 Å². The van der Waals surface area contributed by atoms with Gasteiger partial charge in [-0.25, -0.2) is 21.8 Å². The molecule has 0 amide bonds. The van der Waals surface area contributed by atoms with Crippen molar-refractivity contribution in [2.75, 3.05) is 43.1 Å². The lowest BCUT2D eigenvalue weighted by Gasteiger charge is -2.21. The highest BCUT2D eigenvalue weighted by molar-refractivity contribution is 7.92. The fraction of sp³-hybridized carbons (Fsp3) is 0.278. The van der Waals surface area contributed by atoms with Crippen molar-refractivity contribution in [2.45, 2.75) is 4.90 Å². The molecule has 0 fully saturated rings. The number of benzene rings is 2. The summed E-state index contributed by atoms with van der Waals surface area (Å²) >= 11 is 0. The first-order valence-electron chi connectivity index (χ1n) is 8.76. The predicted molar refractivity (Wildman–Crippen MR) is 121 cm³/mol. The Hall–Kier alpha value is -2.34. The lowest BCUT2D eigenvalue weighted by atomic mass is 10.3. The molecule has 0 radical (unpaired) electrons. The monoisotopic (exact) mass is 473 g/mol. The minimum atomic E-state index is -3.70. The molecule has 0 aliphatic carbocycles. The Kier molecular flexibility index (Phi) is 7.35. The van der Waals surface area contributed by atoms with Crippen LogP contribution in [-0.4, -0.2) is 64.5 Å². The second-order valence-corrected chi connectivity index (χ2v) is 10.5. The van der Waals surface area contributed by atoms with Gasteiger partial charge in [0.05, 0.1) is 22.2 Å². The summed E-state index contributed by atoms with van der Waals surface area (Å²) in [6.07, 6.45) is 1.03. The van der Waals surface area contributed by atoms with Crippen molar-refractivity contribution in [3.63, 3.8) is 0 Å². The maximum Gasteiger partial charge on any atom is 0.242 e. The quantitative estimate of drug-likeness (QED) is 0.517. The van der Waals surface area contributed by atoms with Gasteiger partial charge in [-0.05, 0) is 36.4 Å². The van der Waals surface area contributed by atoms with Crippen molar-refractivity contribution in [1.29, 1.82) is 0 Å². The lowest BCUT2D eigenvalue weighted by molar-refractivity contribution is 0.473. The predicted octanol–water partition coefficient (Wildman–Crippen LogP) is 2.11. The fourth-order valence-electron chi connectivity index (χ4n) is 2.73. The second kappa shape index (κ2) is 9.21. The van der Waals surface area contributed by atoms with Crippen LogP contribution < -0.4 is 9.62 Å². The van der Waals surface area contributed by atoms with Gasteiger partial charge >= 0.3 is 0 Å². The number of sulfonamides is 2. The first kappa shape index (κ1) is 23.9. The number of fused-ring (bicyclic) bond motifs is 1. The smallest absolute Gasteiger partial charge is 0.242 e. The van der Waals surface area contributed by atoms with Crippen LogP contribution in [0.15, 0.2) is 53.4 Å². The molecule has 2 N–H and O–H groups in total. The third-order valence-corrected chi connectivity index (χ3v) is 6.83. The van der Waals surface area contributed by atoms with E-state index in [1.54, 1.807) is 0 Å². The third kappa shape index (κ3) is 5.63. The Bertz CT molecular complexity index is 1180. The molecule has 3 rings (SSSR count). The average Bonchev–Trinajstić information content (AvgIpc) is 3.09. The Labute approximate surface area is 182 Å². The summed E-state index contributed by atoms with van der Waals surface area (Å²) in [6, 6.07) is 13.3. The van der Waals surface area contributed by atoms with Crippen molar-refractivity contribution >= 4 is 55.1 Å². The van der Waals surface area contributed by atoms with Crippen LogP contribution in [0.25, 0.3) is 11.0 Å². The van der Waals surface area contributed by atoms with Crippen molar-refractivity contribution in [3.05, 3.63) is 48.5 Å². The van der Waals surface area contributed by atoms with Crippen LogP contribution in [0.1, 0.15) is 0 Å². The van der Waals surface area contributed by atoms with Gasteiger partial charge in [-0.3, -0.25) is 4.72 Å². The minimum Gasteiger partial charge on any atom is -0.344 e. The van der Waals surface area contributed by atoms with Crippen molar-refractivity contribution in [3.8, 4) is 0 Å². The number of likely N-dealkylation sites (N-methyl/N-ethyl adjacent to an activating group) is 2. The summed E-state index contributed by atoms with van der Waals surface area (Å²) < 4.78 is 51.6. The normalized spacial score (nSPS) is 12.0. The zero-order chi connectivity index (χ0) is 21.2. The summed E-state index contributed by atoms with van der Waals surface area (Å²) in [5, 5.41) is 0. The highest BCUT2D eigenvalue weighted by Crippen LogP contribution is 2.19. The number of rotatable bonds is 8. The summed E-state index contributed by atoms with van der Waals surface area (Å²) in [5.74, 6) is 0.660. The first-order valence-corrected chi connectivity index (χ1v) is 12.1. The average molecular weight is 474 g/mol. The number of aromatic amines is 1. The zero-order valence-corrected chi connectivity index (χ0v) is 19.2. The maximum absolute atomic E-state index is 12.8. The highest BCUT2D eigenvalue weighted by Gasteiger charge is 2.21. The molecular weight excluding hydrogens is 450 g/mol. The fourth-order valence-corrected chi connectivity index (χ4v) is 4.45. The van der Waals surface area contributed by atoms with E-state index >= 15 is 0 Å². The van der Waals surface area contributed by atoms with E-state index in [-0.39, 0.29) is 23.8 Å². The molecule has 1 aromatic heterocycles. The molecule has 9 nitrogen and oxygen atoms in total. The number of hydrogen-bond acceptors (Lipinski definition) is 6. The summed E-state index contributed by atoms with van der Waals surface area (Å²) in [4.78, 5) is 9.64. The highest BCUT2D eigenvalue weighted by atomic mass is 35.5. The number of nitrogens with one attached hydrogen (secondary N) is 2. The molecular formula is C18H24ClN5O4S2. The molecule has 0 aliphatic heterocycles. The largest absolute Gasteiger partial charge is 0.344 e. The Morgan fingerprint density at radius 3 is 2.20 bits per heavy atom. The Morgan fingerprint density at radius 2 is 1.60 bits per heavy atom. The maximum atomic E-state index is 12.8. The zero-order valence-electron chi connectivity index (χ0n) is 16.7. The molecule has 0 unspecified atom stereocenters. The molecule has 164 valence electrons. The van der Waals surface area contributed by atoms with E-state index in [2.05, 4.69) is 14.7 Å². The van der Waals surface area contributed by atoms with E-state index < -0.39 is 20.0 Å². The minimum absolute atomic E-state index is 0. The molecule has 0 atom stereocenters. The van der Waals surface area contributed by atoms with Gasteiger partial charge in [0.15, 0.2) is 0 Å². The van der Waals surface area contributed by atoms with Crippen molar-refractivity contribution in [1.82, 2.24) is 14.3 Å². The summed E-state index contributed by atoms with van der Waals surface area (Å²) in [7, 11) is -3.78. The SMILES string of the molecule is CN(CCN(C)S(=O)(=O)c1ccc(NS(C)(=O)=O)cc1)c1nc2ccccc2[nH]1.Cl. The molecule has 30 heavy (non-hydrogen) atoms. The third-order valence-electron chi connectivity index (χ3n) is 4.35. The van der Waals surface area contributed by atoms with E-state index in [4.69, 9.17) is 0 Å². The van der Waals surface area contributed by atoms with Crippen LogP contribution in [0.4, 0.5) is 11.6 Å². The number of hydrogen-bond donors (Lipinski definition) is 2. The van der Waals surface area contributed by atoms with Crippen LogP contribution in [-0.2, 0) is 20.0 Å². The number of halogens is 1. The van der Waals surface area contributed by atoms with E-state index in [1.165, 1.54) is 35.6 Å². The molecule has 2 aromatic carbocycles. The number of imidazole rings is 1. The van der Waals surface area contributed by atoms with Crippen molar-refractivity contribution in [2.24, 2.45) is 0 Å². The second-order valence-electron chi connectivity index (χ2n) is 6.72. The van der Waals surface area contributed by atoms with Gasteiger partial charge in [0.25, 0.3) is 0 Å². The van der Waals surface area contributed by atoms with Crippen LogP contribution in [0.2, 0.25) is 0 Å². The van der Waals surface area contributed by atoms with Gasteiger partial charge in [0.2, 0.25) is 26.0 Å². The van der Waals surface area contributed by atoms with E-state index in [9.17, 15) is 16.8 Å². The van der Waals surface area contributed by atoms with Crippen LogP contribution in [0, 0.1) is 0 Å².